The number of hydrazine groups is 1. The van der Waals surface area contributed by atoms with E-state index in [2.05, 4.69) is 15.8 Å². The SMILES string of the molecule is O=C(Cc1c[nH]c2ccccc12)NNC(=O)c1cc(Cl)ccc1O. The second-order valence-electron chi connectivity index (χ2n) is 5.20. The molecular formula is C17H14ClN3O3. The molecule has 3 rings (SSSR count). The van der Waals surface area contributed by atoms with E-state index in [4.69, 9.17) is 11.6 Å². The number of halogens is 1. The Morgan fingerprint density at radius 3 is 2.75 bits per heavy atom. The number of hydrogen-bond donors (Lipinski definition) is 4. The molecule has 0 atom stereocenters. The van der Waals surface area contributed by atoms with Crippen molar-refractivity contribution in [3.05, 3.63) is 64.8 Å². The summed E-state index contributed by atoms with van der Waals surface area (Å²) in [6.45, 7) is 0. The van der Waals surface area contributed by atoms with Gasteiger partial charge in [-0.15, -0.1) is 0 Å². The van der Waals surface area contributed by atoms with Crippen LogP contribution in [0.1, 0.15) is 15.9 Å². The number of aromatic nitrogens is 1. The van der Waals surface area contributed by atoms with Crippen LogP contribution in [0.2, 0.25) is 5.02 Å². The molecule has 122 valence electrons. The van der Waals surface area contributed by atoms with E-state index in [9.17, 15) is 14.7 Å². The van der Waals surface area contributed by atoms with Gasteiger partial charge in [-0.25, -0.2) is 0 Å². The number of phenolic OH excluding ortho intramolecular Hbond substituents is 1. The monoisotopic (exact) mass is 343 g/mol. The molecule has 3 aromatic rings. The van der Waals surface area contributed by atoms with E-state index in [-0.39, 0.29) is 23.6 Å². The van der Waals surface area contributed by atoms with Crippen LogP contribution in [0.4, 0.5) is 0 Å². The molecule has 1 aromatic heterocycles. The number of nitrogens with one attached hydrogen (secondary N) is 3. The first-order valence-electron chi connectivity index (χ1n) is 7.17. The highest BCUT2D eigenvalue weighted by molar-refractivity contribution is 6.31. The maximum atomic E-state index is 12.0. The number of aromatic hydroxyl groups is 1. The van der Waals surface area contributed by atoms with Crippen LogP contribution in [0.3, 0.4) is 0 Å². The van der Waals surface area contributed by atoms with Crippen LogP contribution in [-0.2, 0) is 11.2 Å². The zero-order valence-electron chi connectivity index (χ0n) is 12.5. The first kappa shape index (κ1) is 15.9. The lowest BCUT2D eigenvalue weighted by Crippen LogP contribution is -2.42. The molecule has 6 nitrogen and oxygen atoms in total. The minimum absolute atomic E-state index is 0.0186. The Bertz CT molecular complexity index is 920. The van der Waals surface area contributed by atoms with Crippen molar-refractivity contribution in [3.63, 3.8) is 0 Å². The Balaban J connectivity index is 1.63. The van der Waals surface area contributed by atoms with Crippen molar-refractivity contribution >= 4 is 34.3 Å². The van der Waals surface area contributed by atoms with Crippen molar-refractivity contribution in [2.75, 3.05) is 0 Å². The number of amides is 2. The summed E-state index contributed by atoms with van der Waals surface area (Å²) < 4.78 is 0. The van der Waals surface area contributed by atoms with E-state index in [1.54, 1.807) is 6.20 Å². The number of benzene rings is 2. The van der Waals surface area contributed by atoms with E-state index in [1.165, 1.54) is 18.2 Å². The van der Waals surface area contributed by atoms with Gasteiger partial charge >= 0.3 is 0 Å². The smallest absolute Gasteiger partial charge is 0.273 e. The van der Waals surface area contributed by atoms with Crippen molar-refractivity contribution in [1.29, 1.82) is 0 Å². The number of fused-ring (bicyclic) bond motifs is 1. The molecule has 2 amide bonds. The second-order valence-corrected chi connectivity index (χ2v) is 5.64. The van der Waals surface area contributed by atoms with Gasteiger partial charge in [-0.3, -0.25) is 20.4 Å². The molecule has 0 aliphatic heterocycles. The van der Waals surface area contributed by atoms with Gasteiger partial charge in [-0.2, -0.15) is 0 Å². The van der Waals surface area contributed by atoms with Crippen LogP contribution in [0.25, 0.3) is 10.9 Å². The van der Waals surface area contributed by atoms with Crippen LogP contribution < -0.4 is 10.9 Å². The standard InChI is InChI=1S/C17H14ClN3O3/c18-11-5-6-15(22)13(8-11)17(24)21-20-16(23)7-10-9-19-14-4-2-1-3-12(10)14/h1-6,8-9,19,22H,7H2,(H,20,23)(H,21,24). The van der Waals surface area contributed by atoms with Gasteiger partial charge in [0.25, 0.3) is 5.91 Å². The van der Waals surface area contributed by atoms with Gasteiger partial charge in [0.05, 0.1) is 12.0 Å². The second kappa shape index (κ2) is 6.64. The van der Waals surface area contributed by atoms with E-state index in [1.807, 2.05) is 24.3 Å². The number of aromatic amines is 1. The van der Waals surface area contributed by atoms with Crippen molar-refractivity contribution < 1.29 is 14.7 Å². The average Bonchev–Trinajstić information content (AvgIpc) is 2.98. The first-order valence-corrected chi connectivity index (χ1v) is 7.55. The largest absolute Gasteiger partial charge is 0.507 e. The molecule has 0 aliphatic carbocycles. The summed E-state index contributed by atoms with van der Waals surface area (Å²) >= 11 is 5.79. The van der Waals surface area contributed by atoms with Crippen molar-refractivity contribution in [1.82, 2.24) is 15.8 Å². The maximum absolute atomic E-state index is 12.0. The summed E-state index contributed by atoms with van der Waals surface area (Å²) in [5, 5.41) is 10.9. The molecule has 0 saturated heterocycles. The van der Waals surface area contributed by atoms with Gasteiger partial charge in [0.2, 0.25) is 5.91 Å². The molecule has 4 N–H and O–H groups in total. The highest BCUT2D eigenvalue weighted by Crippen LogP contribution is 2.21. The molecule has 0 spiro atoms. The van der Waals surface area contributed by atoms with E-state index in [0.717, 1.165) is 16.5 Å². The van der Waals surface area contributed by atoms with E-state index >= 15 is 0 Å². The fraction of sp³-hybridized carbons (Fsp3) is 0.0588. The molecule has 0 radical (unpaired) electrons. The van der Waals surface area contributed by atoms with Gasteiger partial charge in [0, 0.05) is 22.1 Å². The summed E-state index contributed by atoms with van der Waals surface area (Å²) in [6, 6.07) is 11.7. The third-order valence-corrected chi connectivity index (χ3v) is 3.78. The number of phenols is 1. The van der Waals surface area contributed by atoms with Crippen molar-refractivity contribution in [3.8, 4) is 5.75 Å². The van der Waals surface area contributed by atoms with Gasteiger partial charge in [0.15, 0.2) is 0 Å². The molecule has 2 aromatic carbocycles. The van der Waals surface area contributed by atoms with Crippen LogP contribution >= 0.6 is 11.6 Å². The maximum Gasteiger partial charge on any atom is 0.273 e. The highest BCUT2D eigenvalue weighted by atomic mass is 35.5. The molecule has 0 saturated carbocycles. The number of para-hydroxylation sites is 1. The Labute approximate surface area is 142 Å². The van der Waals surface area contributed by atoms with Crippen LogP contribution in [0.5, 0.6) is 5.75 Å². The zero-order chi connectivity index (χ0) is 17.1. The van der Waals surface area contributed by atoms with Crippen molar-refractivity contribution in [2.24, 2.45) is 0 Å². The Morgan fingerprint density at radius 2 is 1.92 bits per heavy atom. The van der Waals surface area contributed by atoms with Gasteiger partial charge in [0.1, 0.15) is 5.75 Å². The Morgan fingerprint density at radius 1 is 1.12 bits per heavy atom. The summed E-state index contributed by atoms with van der Waals surface area (Å²) in [7, 11) is 0. The average molecular weight is 344 g/mol. The Hall–Kier alpha value is -2.99. The molecule has 0 fully saturated rings. The third kappa shape index (κ3) is 3.33. The fourth-order valence-corrected chi connectivity index (χ4v) is 2.55. The number of carbonyl (C=O) groups is 2. The van der Waals surface area contributed by atoms with Crippen LogP contribution in [0.15, 0.2) is 48.7 Å². The predicted molar refractivity (Wildman–Crippen MR) is 90.7 cm³/mol. The minimum Gasteiger partial charge on any atom is -0.507 e. The molecule has 0 unspecified atom stereocenters. The molecule has 7 heteroatoms. The zero-order valence-corrected chi connectivity index (χ0v) is 13.2. The molecule has 1 heterocycles. The first-order chi connectivity index (χ1) is 11.5. The molecule has 0 bridgehead atoms. The van der Waals surface area contributed by atoms with Gasteiger partial charge < -0.3 is 10.1 Å². The van der Waals surface area contributed by atoms with Gasteiger partial charge in [-0.05, 0) is 29.8 Å². The summed E-state index contributed by atoms with van der Waals surface area (Å²) in [5.74, 6) is -1.25. The Kier molecular flexibility index (Phi) is 4.39. The summed E-state index contributed by atoms with van der Waals surface area (Å²) in [5.41, 5.74) is 6.33. The molecular weight excluding hydrogens is 330 g/mol. The molecule has 24 heavy (non-hydrogen) atoms. The number of rotatable bonds is 3. The van der Waals surface area contributed by atoms with Gasteiger partial charge in [-0.1, -0.05) is 29.8 Å². The number of hydrogen-bond acceptors (Lipinski definition) is 3. The summed E-state index contributed by atoms with van der Waals surface area (Å²) in [4.78, 5) is 27.1. The normalized spacial score (nSPS) is 10.5. The lowest BCUT2D eigenvalue weighted by atomic mass is 10.1. The highest BCUT2D eigenvalue weighted by Gasteiger charge is 2.13. The number of carbonyl (C=O) groups excluding carboxylic acids is 2. The fourth-order valence-electron chi connectivity index (χ4n) is 2.38. The predicted octanol–water partition coefficient (Wildman–Crippen LogP) is 2.53. The lowest BCUT2D eigenvalue weighted by molar-refractivity contribution is -0.121. The van der Waals surface area contributed by atoms with Crippen LogP contribution in [0, 0.1) is 0 Å². The van der Waals surface area contributed by atoms with E-state index < -0.39 is 5.91 Å². The third-order valence-electron chi connectivity index (χ3n) is 3.54. The lowest BCUT2D eigenvalue weighted by Gasteiger charge is -2.08. The summed E-state index contributed by atoms with van der Waals surface area (Å²) in [6.07, 6.45) is 1.86. The van der Waals surface area contributed by atoms with E-state index in [0.29, 0.717) is 5.02 Å². The quantitative estimate of drug-likeness (QED) is 0.550. The molecule has 0 aliphatic rings. The minimum atomic E-state index is -0.651. The topological polar surface area (TPSA) is 94.2 Å². The van der Waals surface area contributed by atoms with Crippen LogP contribution in [-0.4, -0.2) is 21.9 Å². The van der Waals surface area contributed by atoms with Crippen molar-refractivity contribution in [2.45, 2.75) is 6.42 Å². The number of H-pyrrole nitrogens is 1.